The van der Waals surface area contributed by atoms with E-state index in [2.05, 4.69) is 15.9 Å². The Kier molecular flexibility index (Phi) is 4.37. The topological polar surface area (TPSA) is 55.5 Å². The molecule has 1 saturated heterocycles. The molecular weight excluding hydrogens is 301 g/mol. The SMILES string of the molecule is NCC1(C(O)c2cc(Br)ccc2F)CCOCC1. The summed E-state index contributed by atoms with van der Waals surface area (Å²) in [5.74, 6) is -0.398. The quantitative estimate of drug-likeness (QED) is 0.900. The minimum absolute atomic E-state index is 0.303. The van der Waals surface area contributed by atoms with E-state index in [-0.39, 0.29) is 0 Å². The van der Waals surface area contributed by atoms with Gasteiger partial charge in [0.1, 0.15) is 5.82 Å². The average molecular weight is 318 g/mol. The van der Waals surface area contributed by atoms with Crippen LogP contribution in [0.25, 0.3) is 0 Å². The van der Waals surface area contributed by atoms with Crippen LogP contribution in [0.1, 0.15) is 24.5 Å². The standard InChI is InChI=1S/C13H17BrFNO2/c14-9-1-2-11(15)10(7-9)12(17)13(8-16)3-5-18-6-4-13/h1-2,7,12,17H,3-6,8,16H2. The van der Waals surface area contributed by atoms with Crippen LogP contribution in [-0.2, 0) is 4.74 Å². The summed E-state index contributed by atoms with van der Waals surface area (Å²) in [5, 5.41) is 10.5. The fourth-order valence-electron chi connectivity index (χ4n) is 2.42. The van der Waals surface area contributed by atoms with Gasteiger partial charge in [0.15, 0.2) is 0 Å². The monoisotopic (exact) mass is 317 g/mol. The van der Waals surface area contributed by atoms with E-state index >= 15 is 0 Å². The van der Waals surface area contributed by atoms with E-state index in [1.807, 2.05) is 0 Å². The van der Waals surface area contributed by atoms with Crippen LogP contribution >= 0.6 is 15.9 Å². The van der Waals surface area contributed by atoms with E-state index in [4.69, 9.17) is 10.5 Å². The molecule has 1 fully saturated rings. The Labute approximate surface area is 114 Å². The van der Waals surface area contributed by atoms with Gasteiger partial charge in [-0.2, -0.15) is 0 Å². The molecule has 0 amide bonds. The molecule has 0 spiro atoms. The highest BCUT2D eigenvalue weighted by atomic mass is 79.9. The second kappa shape index (κ2) is 5.65. The van der Waals surface area contributed by atoms with E-state index in [9.17, 15) is 9.50 Å². The molecule has 0 bridgehead atoms. The van der Waals surface area contributed by atoms with Gasteiger partial charge in [0.2, 0.25) is 0 Å². The second-order valence-electron chi connectivity index (χ2n) is 4.75. The summed E-state index contributed by atoms with van der Waals surface area (Å²) < 4.78 is 19.9. The van der Waals surface area contributed by atoms with Gasteiger partial charge in [0.05, 0.1) is 6.10 Å². The van der Waals surface area contributed by atoms with Crippen LogP contribution in [0.5, 0.6) is 0 Å². The Morgan fingerprint density at radius 2 is 2.11 bits per heavy atom. The lowest BCUT2D eigenvalue weighted by Gasteiger charge is -2.40. The van der Waals surface area contributed by atoms with Gasteiger partial charge in [-0.3, -0.25) is 0 Å². The van der Waals surface area contributed by atoms with Crippen molar-refractivity contribution < 1.29 is 14.2 Å². The maximum Gasteiger partial charge on any atom is 0.129 e. The van der Waals surface area contributed by atoms with Gasteiger partial charge in [-0.15, -0.1) is 0 Å². The van der Waals surface area contributed by atoms with E-state index in [0.717, 1.165) is 4.47 Å². The average Bonchev–Trinajstić information content (AvgIpc) is 2.41. The number of ether oxygens (including phenoxy) is 1. The summed E-state index contributed by atoms with van der Waals surface area (Å²) in [6.45, 7) is 1.44. The molecule has 0 saturated carbocycles. The maximum atomic E-state index is 13.8. The Balaban J connectivity index is 2.33. The molecule has 1 unspecified atom stereocenters. The van der Waals surface area contributed by atoms with Crippen molar-refractivity contribution in [1.82, 2.24) is 0 Å². The first kappa shape index (κ1) is 13.9. The fraction of sp³-hybridized carbons (Fsp3) is 0.538. The third-order valence-corrected chi connectivity index (χ3v) is 4.22. The van der Waals surface area contributed by atoms with Crippen molar-refractivity contribution in [2.45, 2.75) is 18.9 Å². The van der Waals surface area contributed by atoms with E-state index in [0.29, 0.717) is 38.2 Å². The van der Waals surface area contributed by atoms with Crippen LogP contribution < -0.4 is 5.73 Å². The lowest BCUT2D eigenvalue weighted by Crippen LogP contribution is -2.42. The minimum Gasteiger partial charge on any atom is -0.388 e. The fourth-order valence-corrected chi connectivity index (χ4v) is 2.80. The van der Waals surface area contributed by atoms with Crippen molar-refractivity contribution >= 4 is 15.9 Å². The lowest BCUT2D eigenvalue weighted by atomic mass is 9.73. The van der Waals surface area contributed by atoms with Gasteiger partial charge in [-0.1, -0.05) is 15.9 Å². The Bertz CT molecular complexity index is 421. The Morgan fingerprint density at radius 1 is 1.44 bits per heavy atom. The summed E-state index contributed by atoms with van der Waals surface area (Å²) in [6.07, 6.45) is 0.400. The maximum absolute atomic E-state index is 13.8. The molecule has 18 heavy (non-hydrogen) atoms. The zero-order valence-electron chi connectivity index (χ0n) is 10.0. The van der Waals surface area contributed by atoms with Crippen molar-refractivity contribution in [2.24, 2.45) is 11.1 Å². The first-order valence-electron chi connectivity index (χ1n) is 6.00. The summed E-state index contributed by atoms with van der Waals surface area (Å²) in [4.78, 5) is 0. The summed E-state index contributed by atoms with van der Waals surface area (Å²) in [6, 6.07) is 4.59. The van der Waals surface area contributed by atoms with E-state index in [1.165, 1.54) is 6.07 Å². The summed E-state index contributed by atoms with van der Waals surface area (Å²) in [5.41, 5.74) is 5.63. The number of aliphatic hydroxyl groups is 1. The van der Waals surface area contributed by atoms with Crippen LogP contribution in [0.3, 0.4) is 0 Å². The third kappa shape index (κ3) is 2.59. The highest BCUT2D eigenvalue weighted by molar-refractivity contribution is 9.10. The number of nitrogens with two attached hydrogens (primary N) is 1. The van der Waals surface area contributed by atoms with Gasteiger partial charge in [-0.05, 0) is 31.0 Å². The molecule has 0 aromatic heterocycles. The molecule has 1 aliphatic rings. The van der Waals surface area contributed by atoms with Crippen molar-refractivity contribution in [3.05, 3.63) is 34.1 Å². The smallest absolute Gasteiger partial charge is 0.129 e. The van der Waals surface area contributed by atoms with Crippen LogP contribution in [0.15, 0.2) is 22.7 Å². The summed E-state index contributed by atoms with van der Waals surface area (Å²) >= 11 is 3.29. The van der Waals surface area contributed by atoms with Crippen LogP contribution in [0.4, 0.5) is 4.39 Å². The van der Waals surface area contributed by atoms with Crippen LogP contribution in [0.2, 0.25) is 0 Å². The van der Waals surface area contributed by atoms with Crippen LogP contribution in [-0.4, -0.2) is 24.9 Å². The van der Waals surface area contributed by atoms with Gasteiger partial charge in [-0.25, -0.2) is 4.39 Å². The number of rotatable bonds is 3. The van der Waals surface area contributed by atoms with E-state index in [1.54, 1.807) is 12.1 Å². The molecule has 1 aromatic rings. The largest absolute Gasteiger partial charge is 0.388 e. The van der Waals surface area contributed by atoms with Crippen molar-refractivity contribution in [2.75, 3.05) is 19.8 Å². The molecule has 3 N–H and O–H groups in total. The highest BCUT2D eigenvalue weighted by Crippen LogP contribution is 2.42. The normalized spacial score (nSPS) is 20.7. The van der Waals surface area contributed by atoms with Crippen molar-refractivity contribution in [1.29, 1.82) is 0 Å². The molecule has 1 aliphatic heterocycles. The zero-order valence-corrected chi connectivity index (χ0v) is 11.6. The number of benzene rings is 1. The molecule has 0 radical (unpaired) electrons. The molecule has 5 heteroatoms. The lowest BCUT2D eigenvalue weighted by molar-refractivity contribution is -0.0593. The number of aliphatic hydroxyl groups excluding tert-OH is 1. The minimum atomic E-state index is -0.899. The van der Waals surface area contributed by atoms with Crippen molar-refractivity contribution in [3.63, 3.8) is 0 Å². The Morgan fingerprint density at radius 3 is 2.72 bits per heavy atom. The van der Waals surface area contributed by atoms with Gasteiger partial charge < -0.3 is 15.6 Å². The van der Waals surface area contributed by atoms with Crippen molar-refractivity contribution in [3.8, 4) is 0 Å². The van der Waals surface area contributed by atoms with Crippen LogP contribution in [0, 0.1) is 11.2 Å². The van der Waals surface area contributed by atoms with Gasteiger partial charge in [0, 0.05) is 35.2 Å². The molecule has 1 atom stereocenters. The highest BCUT2D eigenvalue weighted by Gasteiger charge is 2.40. The molecule has 100 valence electrons. The predicted octanol–water partition coefficient (Wildman–Crippen LogP) is 2.38. The molecule has 1 aromatic carbocycles. The predicted molar refractivity (Wildman–Crippen MR) is 70.6 cm³/mol. The third-order valence-electron chi connectivity index (χ3n) is 3.73. The molecule has 1 heterocycles. The molecule has 0 aliphatic carbocycles. The summed E-state index contributed by atoms with van der Waals surface area (Å²) in [7, 11) is 0. The molecule has 3 nitrogen and oxygen atoms in total. The zero-order chi connectivity index (χ0) is 13.2. The van der Waals surface area contributed by atoms with Gasteiger partial charge in [0.25, 0.3) is 0 Å². The Hall–Kier alpha value is -0.490. The molecule has 2 rings (SSSR count). The number of hydrogen-bond donors (Lipinski definition) is 2. The number of hydrogen-bond acceptors (Lipinski definition) is 3. The molecular formula is C13H17BrFNO2. The first-order valence-corrected chi connectivity index (χ1v) is 6.79. The number of halogens is 2. The first-order chi connectivity index (χ1) is 8.59. The van der Waals surface area contributed by atoms with E-state index < -0.39 is 17.3 Å². The second-order valence-corrected chi connectivity index (χ2v) is 5.66. The van der Waals surface area contributed by atoms with Gasteiger partial charge >= 0.3 is 0 Å².